The zero-order chi connectivity index (χ0) is 17.6. The Balaban J connectivity index is 1.43. The molecule has 7 heteroatoms. The Kier molecular flexibility index (Phi) is 5.88. The van der Waals surface area contributed by atoms with Gasteiger partial charge in [-0.25, -0.2) is 0 Å². The quantitative estimate of drug-likeness (QED) is 0.795. The van der Waals surface area contributed by atoms with Gasteiger partial charge in [0.05, 0.1) is 13.2 Å². The van der Waals surface area contributed by atoms with E-state index in [1.54, 1.807) is 6.07 Å². The van der Waals surface area contributed by atoms with Crippen LogP contribution in [0.4, 0.5) is 5.69 Å². The first-order valence-electron chi connectivity index (χ1n) is 8.75. The Hall–Kier alpha value is -2.12. The van der Waals surface area contributed by atoms with E-state index in [1.165, 1.54) is 0 Å². The highest BCUT2D eigenvalue weighted by atomic mass is 16.5. The maximum Gasteiger partial charge on any atom is 0.258 e. The second-order valence-corrected chi connectivity index (χ2v) is 6.54. The molecule has 1 unspecified atom stereocenters. The minimum Gasteiger partial charge on any atom is -0.484 e. The molecule has 1 atom stereocenters. The van der Waals surface area contributed by atoms with Gasteiger partial charge in [0.2, 0.25) is 5.91 Å². The van der Waals surface area contributed by atoms with Gasteiger partial charge in [-0.1, -0.05) is 0 Å². The number of morpholine rings is 1. The number of nitrogens with zero attached hydrogens (tertiary/aromatic N) is 1. The summed E-state index contributed by atoms with van der Waals surface area (Å²) in [5.41, 5.74) is 1.87. The van der Waals surface area contributed by atoms with Gasteiger partial charge in [0, 0.05) is 37.8 Å². The molecule has 0 spiro atoms. The topological polar surface area (TPSA) is 79.9 Å². The number of carbonyl (C=O) groups is 2. The number of hydrogen-bond donors (Lipinski definition) is 2. The molecule has 0 saturated carbocycles. The molecule has 1 aromatic carbocycles. The van der Waals surface area contributed by atoms with Crippen LogP contribution < -0.4 is 15.4 Å². The second kappa shape index (κ2) is 8.31. The van der Waals surface area contributed by atoms with Gasteiger partial charge in [-0.2, -0.15) is 0 Å². The lowest BCUT2D eigenvalue weighted by Gasteiger charge is -2.29. The number of anilines is 1. The van der Waals surface area contributed by atoms with E-state index in [1.807, 2.05) is 19.1 Å². The van der Waals surface area contributed by atoms with Crippen molar-refractivity contribution in [1.82, 2.24) is 10.2 Å². The maximum absolute atomic E-state index is 12.1. The summed E-state index contributed by atoms with van der Waals surface area (Å²) in [5.74, 6) is 0.549. The molecule has 0 bridgehead atoms. The summed E-state index contributed by atoms with van der Waals surface area (Å²) in [6, 6.07) is 5.54. The van der Waals surface area contributed by atoms with Crippen molar-refractivity contribution in [3.63, 3.8) is 0 Å². The predicted molar refractivity (Wildman–Crippen MR) is 93.8 cm³/mol. The molecule has 2 N–H and O–H groups in total. The molecule has 3 rings (SSSR count). The van der Waals surface area contributed by atoms with Gasteiger partial charge in [-0.05, 0) is 37.1 Å². The van der Waals surface area contributed by atoms with E-state index < -0.39 is 0 Å². The minimum absolute atomic E-state index is 0.0153. The number of ether oxygens (including phenoxy) is 2. The zero-order valence-electron chi connectivity index (χ0n) is 14.5. The fourth-order valence-corrected chi connectivity index (χ4v) is 3.13. The number of benzene rings is 1. The van der Waals surface area contributed by atoms with E-state index >= 15 is 0 Å². The first-order chi connectivity index (χ1) is 12.1. The number of carbonyl (C=O) groups excluding carboxylic acids is 2. The molecule has 1 saturated heterocycles. The molecule has 1 aromatic rings. The molecule has 0 aromatic heterocycles. The van der Waals surface area contributed by atoms with Crippen molar-refractivity contribution >= 4 is 17.5 Å². The van der Waals surface area contributed by atoms with Crippen LogP contribution in [0, 0.1) is 0 Å². The fraction of sp³-hybridized carbons (Fsp3) is 0.556. The molecule has 2 aliphatic rings. The van der Waals surface area contributed by atoms with Crippen molar-refractivity contribution in [2.24, 2.45) is 0 Å². The van der Waals surface area contributed by atoms with E-state index in [0.29, 0.717) is 18.6 Å². The van der Waals surface area contributed by atoms with Gasteiger partial charge in [0.1, 0.15) is 5.75 Å². The van der Waals surface area contributed by atoms with Gasteiger partial charge in [-0.3, -0.25) is 14.5 Å². The Bertz CT molecular complexity index is 629. The van der Waals surface area contributed by atoms with Crippen LogP contribution >= 0.6 is 0 Å². The van der Waals surface area contributed by atoms with Gasteiger partial charge in [-0.15, -0.1) is 0 Å². The monoisotopic (exact) mass is 347 g/mol. The average Bonchev–Trinajstić information content (AvgIpc) is 2.60. The van der Waals surface area contributed by atoms with Crippen molar-refractivity contribution < 1.29 is 19.1 Å². The SMILES string of the molecule is CC(CN1CCOCC1)NC(=O)COc1ccc2c(c1)CCC(=O)N2. The molecule has 2 heterocycles. The molecular formula is C18H25N3O4. The van der Waals surface area contributed by atoms with Crippen molar-refractivity contribution in [1.29, 1.82) is 0 Å². The zero-order valence-corrected chi connectivity index (χ0v) is 14.5. The van der Waals surface area contributed by atoms with E-state index in [4.69, 9.17) is 9.47 Å². The van der Waals surface area contributed by atoms with Gasteiger partial charge >= 0.3 is 0 Å². The van der Waals surface area contributed by atoms with Crippen LogP contribution in [-0.4, -0.2) is 62.2 Å². The van der Waals surface area contributed by atoms with Crippen LogP contribution in [0.25, 0.3) is 0 Å². The lowest BCUT2D eigenvalue weighted by atomic mass is 10.0. The predicted octanol–water partition coefficient (Wildman–Crippen LogP) is 0.787. The van der Waals surface area contributed by atoms with Crippen LogP contribution in [0.1, 0.15) is 18.9 Å². The van der Waals surface area contributed by atoms with E-state index in [0.717, 1.165) is 44.1 Å². The molecule has 2 amide bonds. The Labute approximate surface area is 147 Å². The molecule has 25 heavy (non-hydrogen) atoms. The van der Waals surface area contributed by atoms with Crippen LogP contribution in [0.5, 0.6) is 5.75 Å². The summed E-state index contributed by atoms with van der Waals surface area (Å²) >= 11 is 0. The lowest BCUT2D eigenvalue weighted by molar-refractivity contribution is -0.123. The summed E-state index contributed by atoms with van der Waals surface area (Å²) in [4.78, 5) is 25.7. The molecular weight excluding hydrogens is 322 g/mol. The third kappa shape index (κ3) is 5.17. The summed E-state index contributed by atoms with van der Waals surface area (Å²) in [7, 11) is 0. The number of aryl methyl sites for hydroxylation is 1. The number of fused-ring (bicyclic) bond motifs is 1. The Morgan fingerprint density at radius 2 is 2.16 bits per heavy atom. The molecule has 2 aliphatic heterocycles. The lowest BCUT2D eigenvalue weighted by Crippen LogP contribution is -2.46. The van der Waals surface area contributed by atoms with Crippen LogP contribution in [0.15, 0.2) is 18.2 Å². The normalized spacial score (nSPS) is 18.8. The third-order valence-electron chi connectivity index (χ3n) is 4.39. The van der Waals surface area contributed by atoms with Crippen LogP contribution in [0.3, 0.4) is 0 Å². The standard InChI is InChI=1S/C18H25N3O4/c1-13(11-21-6-8-24-9-7-21)19-18(23)12-25-15-3-4-16-14(10-15)2-5-17(22)20-16/h3-4,10,13H,2,5-9,11-12H2,1H3,(H,19,23)(H,20,22). The first kappa shape index (κ1) is 17.7. The maximum atomic E-state index is 12.1. The van der Waals surface area contributed by atoms with Gasteiger partial charge < -0.3 is 20.1 Å². The van der Waals surface area contributed by atoms with E-state index in [-0.39, 0.29) is 24.5 Å². The van der Waals surface area contributed by atoms with Crippen molar-refractivity contribution in [2.75, 3.05) is 44.8 Å². The highest BCUT2D eigenvalue weighted by Gasteiger charge is 2.17. The average molecular weight is 347 g/mol. The minimum atomic E-state index is -0.133. The second-order valence-electron chi connectivity index (χ2n) is 6.54. The summed E-state index contributed by atoms with van der Waals surface area (Å²) in [6.45, 7) is 6.11. The molecule has 7 nitrogen and oxygen atoms in total. The molecule has 0 radical (unpaired) electrons. The number of rotatable bonds is 6. The Morgan fingerprint density at radius 3 is 2.96 bits per heavy atom. The van der Waals surface area contributed by atoms with Crippen LogP contribution in [-0.2, 0) is 20.7 Å². The summed E-state index contributed by atoms with van der Waals surface area (Å²) in [5, 5.41) is 5.79. The number of nitrogens with one attached hydrogen (secondary N) is 2. The first-order valence-corrected chi connectivity index (χ1v) is 8.75. The highest BCUT2D eigenvalue weighted by Crippen LogP contribution is 2.26. The van der Waals surface area contributed by atoms with Crippen molar-refractivity contribution in [3.8, 4) is 5.75 Å². The smallest absolute Gasteiger partial charge is 0.258 e. The Morgan fingerprint density at radius 1 is 1.36 bits per heavy atom. The highest BCUT2D eigenvalue weighted by molar-refractivity contribution is 5.94. The summed E-state index contributed by atoms with van der Waals surface area (Å²) < 4.78 is 10.9. The van der Waals surface area contributed by atoms with Crippen molar-refractivity contribution in [2.45, 2.75) is 25.8 Å². The molecule has 0 aliphatic carbocycles. The molecule has 1 fully saturated rings. The largest absolute Gasteiger partial charge is 0.484 e. The van der Waals surface area contributed by atoms with E-state index in [2.05, 4.69) is 15.5 Å². The third-order valence-corrected chi connectivity index (χ3v) is 4.39. The van der Waals surface area contributed by atoms with Gasteiger partial charge in [0.15, 0.2) is 6.61 Å². The van der Waals surface area contributed by atoms with Gasteiger partial charge in [0.25, 0.3) is 5.91 Å². The number of amides is 2. The van der Waals surface area contributed by atoms with Crippen LogP contribution in [0.2, 0.25) is 0 Å². The van der Waals surface area contributed by atoms with Crippen molar-refractivity contribution in [3.05, 3.63) is 23.8 Å². The fourth-order valence-electron chi connectivity index (χ4n) is 3.13. The number of hydrogen-bond acceptors (Lipinski definition) is 5. The summed E-state index contributed by atoms with van der Waals surface area (Å²) in [6.07, 6.45) is 1.18. The molecule has 136 valence electrons. The van der Waals surface area contributed by atoms with E-state index in [9.17, 15) is 9.59 Å².